The predicted molar refractivity (Wildman–Crippen MR) is 71.5 cm³/mol. The summed E-state index contributed by atoms with van der Waals surface area (Å²) in [5.41, 5.74) is 0. The van der Waals surface area contributed by atoms with Crippen molar-refractivity contribution in [2.75, 3.05) is 13.6 Å². The zero-order valence-corrected chi connectivity index (χ0v) is 11.5. The van der Waals surface area contributed by atoms with Crippen LogP contribution in [0.15, 0.2) is 0 Å². The molecule has 2 amide bonds. The Morgan fingerprint density at radius 1 is 1.32 bits per heavy atom. The Morgan fingerprint density at radius 2 is 2.11 bits per heavy atom. The number of hydrogen-bond acceptors (Lipinski definition) is 3. The number of rotatable bonds is 2. The Hall–Kier alpha value is -1.10. The molecular weight excluding hydrogens is 242 g/mol. The molecule has 106 valence electrons. The molecule has 1 saturated carbocycles. The fourth-order valence-corrected chi connectivity index (χ4v) is 3.75. The molecule has 3 aliphatic rings. The molecule has 2 aliphatic heterocycles. The number of amides is 2. The van der Waals surface area contributed by atoms with Gasteiger partial charge in [-0.25, -0.2) is 0 Å². The highest BCUT2D eigenvalue weighted by Crippen LogP contribution is 2.33. The van der Waals surface area contributed by atoms with Crippen LogP contribution in [-0.4, -0.2) is 48.4 Å². The summed E-state index contributed by atoms with van der Waals surface area (Å²) in [6.07, 6.45) is 6.68. The second kappa shape index (κ2) is 5.12. The van der Waals surface area contributed by atoms with Crippen molar-refractivity contribution in [1.29, 1.82) is 0 Å². The lowest BCUT2D eigenvalue weighted by Crippen LogP contribution is -2.48. The molecule has 5 heteroatoms. The third-order valence-electron chi connectivity index (χ3n) is 4.92. The summed E-state index contributed by atoms with van der Waals surface area (Å²) in [5.74, 6) is 0.721. The summed E-state index contributed by atoms with van der Waals surface area (Å²) in [4.78, 5) is 25.7. The first kappa shape index (κ1) is 12.9. The third kappa shape index (κ3) is 2.48. The molecule has 3 rings (SSSR count). The fourth-order valence-electron chi connectivity index (χ4n) is 3.75. The van der Waals surface area contributed by atoms with Gasteiger partial charge in [-0.15, -0.1) is 0 Å². The zero-order valence-electron chi connectivity index (χ0n) is 11.5. The van der Waals surface area contributed by atoms with Gasteiger partial charge in [-0.2, -0.15) is 0 Å². The van der Waals surface area contributed by atoms with Gasteiger partial charge in [0.25, 0.3) is 0 Å². The Labute approximate surface area is 114 Å². The summed E-state index contributed by atoms with van der Waals surface area (Å²) >= 11 is 0. The molecule has 0 radical (unpaired) electrons. The zero-order chi connectivity index (χ0) is 13.4. The van der Waals surface area contributed by atoms with Crippen molar-refractivity contribution in [2.45, 2.75) is 56.7 Å². The first-order valence-electron chi connectivity index (χ1n) is 7.46. The molecule has 4 unspecified atom stereocenters. The molecule has 0 aromatic carbocycles. The maximum Gasteiger partial charge on any atom is 0.244 e. The van der Waals surface area contributed by atoms with Gasteiger partial charge in [0.1, 0.15) is 6.04 Å². The van der Waals surface area contributed by atoms with Gasteiger partial charge in [-0.1, -0.05) is 12.8 Å². The van der Waals surface area contributed by atoms with Crippen LogP contribution < -0.4 is 10.6 Å². The second-order valence-corrected chi connectivity index (χ2v) is 6.22. The summed E-state index contributed by atoms with van der Waals surface area (Å²) in [6, 6.07) is 0.125. The van der Waals surface area contributed by atoms with Crippen LogP contribution in [0.5, 0.6) is 0 Å². The maximum atomic E-state index is 12.3. The van der Waals surface area contributed by atoms with E-state index in [9.17, 15) is 9.59 Å². The van der Waals surface area contributed by atoms with Gasteiger partial charge >= 0.3 is 0 Å². The van der Waals surface area contributed by atoms with E-state index in [0.29, 0.717) is 12.0 Å². The van der Waals surface area contributed by atoms with Gasteiger partial charge in [0.05, 0.1) is 6.04 Å². The molecule has 0 spiro atoms. The average molecular weight is 265 g/mol. The maximum absolute atomic E-state index is 12.3. The molecule has 3 fully saturated rings. The smallest absolute Gasteiger partial charge is 0.244 e. The number of carbonyl (C=O) groups is 2. The minimum Gasteiger partial charge on any atom is -0.344 e. The number of likely N-dealkylation sites (tertiary alicyclic amines) is 1. The van der Waals surface area contributed by atoms with Crippen molar-refractivity contribution in [3.05, 3.63) is 0 Å². The molecule has 2 heterocycles. The van der Waals surface area contributed by atoms with E-state index in [-0.39, 0.29) is 23.9 Å². The lowest BCUT2D eigenvalue weighted by Gasteiger charge is -2.24. The predicted octanol–water partition coefficient (Wildman–Crippen LogP) is 0.254. The van der Waals surface area contributed by atoms with Crippen molar-refractivity contribution in [3.63, 3.8) is 0 Å². The minimum absolute atomic E-state index is 0.0167. The van der Waals surface area contributed by atoms with Crippen LogP contribution in [0.25, 0.3) is 0 Å². The molecule has 2 saturated heterocycles. The highest BCUT2D eigenvalue weighted by atomic mass is 16.2. The van der Waals surface area contributed by atoms with Gasteiger partial charge < -0.3 is 15.5 Å². The third-order valence-corrected chi connectivity index (χ3v) is 4.92. The van der Waals surface area contributed by atoms with Gasteiger partial charge in [-0.05, 0) is 31.6 Å². The van der Waals surface area contributed by atoms with Crippen molar-refractivity contribution in [3.8, 4) is 0 Å². The molecular formula is C14H23N3O2. The van der Waals surface area contributed by atoms with Gasteiger partial charge in [0.2, 0.25) is 11.8 Å². The Balaban J connectivity index is 1.55. The molecule has 0 aromatic rings. The number of nitrogens with zero attached hydrogens (tertiary/aromatic N) is 1. The van der Waals surface area contributed by atoms with Crippen LogP contribution in [0.2, 0.25) is 0 Å². The SMILES string of the molecule is CN1CCC(NC(=O)C2CC3CCCCC3N2)C1=O. The first-order valence-corrected chi connectivity index (χ1v) is 7.46. The van der Waals surface area contributed by atoms with E-state index in [1.807, 2.05) is 0 Å². The Bertz CT molecular complexity index is 371. The Kier molecular flexibility index (Phi) is 3.48. The fraction of sp³-hybridized carbons (Fsp3) is 0.857. The van der Waals surface area contributed by atoms with Crippen LogP contribution in [0, 0.1) is 5.92 Å². The quantitative estimate of drug-likeness (QED) is 0.752. The van der Waals surface area contributed by atoms with E-state index in [0.717, 1.165) is 19.4 Å². The van der Waals surface area contributed by atoms with E-state index >= 15 is 0 Å². The van der Waals surface area contributed by atoms with Gasteiger partial charge in [0.15, 0.2) is 0 Å². The van der Waals surface area contributed by atoms with Crippen LogP contribution in [0.1, 0.15) is 38.5 Å². The van der Waals surface area contributed by atoms with Crippen LogP contribution in [-0.2, 0) is 9.59 Å². The van der Waals surface area contributed by atoms with Gasteiger partial charge in [-0.3, -0.25) is 9.59 Å². The number of carbonyl (C=O) groups excluding carboxylic acids is 2. The van der Waals surface area contributed by atoms with E-state index in [2.05, 4.69) is 10.6 Å². The van der Waals surface area contributed by atoms with Crippen LogP contribution in [0.3, 0.4) is 0 Å². The minimum atomic E-state index is -0.304. The topological polar surface area (TPSA) is 61.4 Å². The lowest BCUT2D eigenvalue weighted by atomic mass is 9.85. The van der Waals surface area contributed by atoms with E-state index in [1.165, 1.54) is 25.7 Å². The monoisotopic (exact) mass is 265 g/mol. The standard InChI is InChI=1S/C14H23N3O2/c1-17-7-6-11(14(17)19)16-13(18)12-8-9-4-2-3-5-10(9)15-12/h9-12,15H,2-8H2,1H3,(H,16,18). The van der Waals surface area contributed by atoms with Crippen LogP contribution >= 0.6 is 0 Å². The van der Waals surface area contributed by atoms with E-state index in [4.69, 9.17) is 0 Å². The molecule has 19 heavy (non-hydrogen) atoms. The van der Waals surface area contributed by atoms with Crippen molar-refractivity contribution in [2.24, 2.45) is 5.92 Å². The largest absolute Gasteiger partial charge is 0.344 e. The molecule has 4 atom stereocenters. The number of fused-ring (bicyclic) bond motifs is 1. The normalized spacial score (nSPS) is 38.4. The summed E-state index contributed by atoms with van der Waals surface area (Å²) < 4.78 is 0. The second-order valence-electron chi connectivity index (χ2n) is 6.22. The van der Waals surface area contributed by atoms with E-state index in [1.54, 1.807) is 11.9 Å². The highest BCUT2D eigenvalue weighted by Gasteiger charge is 2.40. The first-order chi connectivity index (χ1) is 9.15. The summed E-state index contributed by atoms with van der Waals surface area (Å²) in [6.45, 7) is 0.743. The van der Waals surface area contributed by atoms with Crippen molar-refractivity contribution in [1.82, 2.24) is 15.5 Å². The molecule has 5 nitrogen and oxygen atoms in total. The highest BCUT2D eigenvalue weighted by molar-refractivity contribution is 5.91. The molecule has 2 N–H and O–H groups in total. The molecule has 0 aromatic heterocycles. The van der Waals surface area contributed by atoms with E-state index < -0.39 is 0 Å². The van der Waals surface area contributed by atoms with Crippen molar-refractivity contribution < 1.29 is 9.59 Å². The van der Waals surface area contributed by atoms with Gasteiger partial charge in [0, 0.05) is 19.6 Å². The van der Waals surface area contributed by atoms with Crippen LogP contribution in [0.4, 0.5) is 0 Å². The lowest BCUT2D eigenvalue weighted by molar-refractivity contribution is -0.132. The summed E-state index contributed by atoms with van der Waals surface area (Å²) in [5, 5.41) is 6.37. The Morgan fingerprint density at radius 3 is 2.79 bits per heavy atom. The average Bonchev–Trinajstić information content (AvgIpc) is 2.97. The molecule has 1 aliphatic carbocycles. The number of hydrogen-bond donors (Lipinski definition) is 2. The summed E-state index contributed by atoms with van der Waals surface area (Å²) in [7, 11) is 1.79. The molecule has 0 bridgehead atoms. The number of likely N-dealkylation sites (N-methyl/N-ethyl adjacent to an activating group) is 1. The van der Waals surface area contributed by atoms with Crippen molar-refractivity contribution >= 4 is 11.8 Å². The number of nitrogens with one attached hydrogen (secondary N) is 2.